The summed E-state index contributed by atoms with van der Waals surface area (Å²) in [5.41, 5.74) is 0.519. The van der Waals surface area contributed by atoms with Crippen LogP contribution in [0, 0.1) is 13.7 Å². The molecular weight excluding hydrogens is 349 g/mol. The Bertz CT molecular complexity index is 583. The number of aromatic nitrogens is 3. The van der Waals surface area contributed by atoms with Gasteiger partial charge in [-0.2, -0.15) is 5.10 Å². The third-order valence-corrected chi connectivity index (χ3v) is 2.91. The van der Waals surface area contributed by atoms with E-state index in [-0.39, 0.29) is 5.69 Å². The van der Waals surface area contributed by atoms with Crippen LogP contribution in [0.25, 0.3) is 0 Å². The summed E-state index contributed by atoms with van der Waals surface area (Å²) in [7, 11) is 1.77. The number of hydrogen-bond acceptors (Lipinski definition) is 5. The maximum absolute atomic E-state index is 10.9. The molecule has 0 bridgehead atoms. The lowest BCUT2D eigenvalue weighted by atomic mass is 10.2. The van der Waals surface area contributed by atoms with Crippen LogP contribution in [0.2, 0.25) is 0 Å². The van der Waals surface area contributed by atoms with E-state index in [1.54, 1.807) is 24.1 Å². The molecule has 0 saturated heterocycles. The number of nitrogens with one attached hydrogen (secondary N) is 1. The first-order chi connectivity index (χ1) is 8.56. The van der Waals surface area contributed by atoms with Crippen LogP contribution >= 0.6 is 22.6 Å². The standard InChI is InChI=1S/C10H10IN5O2/c1-15-6-13-10(14-15)5-12-8-3-2-7(11)4-9(8)16(17)18/h2-4,6,12H,5H2,1H3. The lowest BCUT2D eigenvalue weighted by Gasteiger charge is -2.05. The fourth-order valence-electron chi connectivity index (χ4n) is 1.44. The van der Waals surface area contributed by atoms with Gasteiger partial charge in [-0.15, -0.1) is 0 Å². The lowest BCUT2D eigenvalue weighted by Crippen LogP contribution is -2.04. The van der Waals surface area contributed by atoms with Gasteiger partial charge in [-0.05, 0) is 34.7 Å². The summed E-state index contributed by atoms with van der Waals surface area (Å²) >= 11 is 2.04. The number of hydrogen-bond donors (Lipinski definition) is 1. The Hall–Kier alpha value is -1.71. The predicted molar refractivity (Wildman–Crippen MR) is 74.1 cm³/mol. The quantitative estimate of drug-likeness (QED) is 0.512. The monoisotopic (exact) mass is 359 g/mol. The smallest absolute Gasteiger partial charge is 0.293 e. The molecular formula is C10H10IN5O2. The number of rotatable bonds is 4. The van der Waals surface area contributed by atoms with Gasteiger partial charge in [-0.25, -0.2) is 4.98 Å². The van der Waals surface area contributed by atoms with Crippen molar-refractivity contribution in [3.05, 3.63) is 44.0 Å². The van der Waals surface area contributed by atoms with Gasteiger partial charge in [0.05, 0.1) is 11.5 Å². The van der Waals surface area contributed by atoms with E-state index in [0.717, 1.165) is 3.57 Å². The van der Waals surface area contributed by atoms with Gasteiger partial charge in [0.15, 0.2) is 5.82 Å². The average molecular weight is 359 g/mol. The second-order valence-electron chi connectivity index (χ2n) is 3.61. The van der Waals surface area contributed by atoms with Crippen molar-refractivity contribution in [2.75, 3.05) is 5.32 Å². The third kappa shape index (κ3) is 2.94. The third-order valence-electron chi connectivity index (χ3n) is 2.24. The van der Waals surface area contributed by atoms with Gasteiger partial charge in [-0.1, -0.05) is 0 Å². The molecule has 1 N–H and O–H groups in total. The molecule has 0 atom stereocenters. The van der Waals surface area contributed by atoms with E-state index in [1.807, 2.05) is 28.7 Å². The van der Waals surface area contributed by atoms with Gasteiger partial charge in [-0.3, -0.25) is 14.8 Å². The van der Waals surface area contributed by atoms with Crippen molar-refractivity contribution < 1.29 is 4.92 Å². The van der Waals surface area contributed by atoms with E-state index in [4.69, 9.17) is 0 Å². The molecule has 0 aliphatic heterocycles. The van der Waals surface area contributed by atoms with Crippen LogP contribution in [0.4, 0.5) is 11.4 Å². The molecule has 7 nitrogen and oxygen atoms in total. The number of halogens is 1. The summed E-state index contributed by atoms with van der Waals surface area (Å²) in [4.78, 5) is 14.6. The summed E-state index contributed by atoms with van der Waals surface area (Å²) in [5.74, 6) is 0.588. The Labute approximate surface area is 117 Å². The van der Waals surface area contributed by atoms with Gasteiger partial charge in [0.25, 0.3) is 5.69 Å². The zero-order valence-corrected chi connectivity index (χ0v) is 11.7. The molecule has 8 heteroatoms. The van der Waals surface area contributed by atoms with Crippen molar-refractivity contribution in [2.45, 2.75) is 6.54 Å². The molecule has 0 spiro atoms. The summed E-state index contributed by atoms with van der Waals surface area (Å²) in [6, 6.07) is 5.01. The Kier molecular flexibility index (Phi) is 3.75. The number of nitro benzene ring substituents is 1. The summed E-state index contributed by atoms with van der Waals surface area (Å²) in [6.45, 7) is 0.349. The molecule has 1 aromatic carbocycles. The van der Waals surface area contributed by atoms with Crippen LogP contribution in [0.3, 0.4) is 0 Å². The SMILES string of the molecule is Cn1cnc(CNc2ccc(I)cc2[N+](=O)[O-])n1. The van der Waals surface area contributed by atoms with Crippen molar-refractivity contribution in [1.29, 1.82) is 0 Å². The highest BCUT2D eigenvalue weighted by Gasteiger charge is 2.14. The number of aryl methyl sites for hydroxylation is 1. The van der Waals surface area contributed by atoms with Crippen LogP contribution in [0.1, 0.15) is 5.82 Å². The first-order valence-corrected chi connectivity index (χ1v) is 6.16. The molecule has 1 aromatic heterocycles. The maximum atomic E-state index is 10.9. The van der Waals surface area contributed by atoms with Gasteiger partial charge in [0.1, 0.15) is 12.0 Å². The van der Waals surface area contributed by atoms with Gasteiger partial charge in [0, 0.05) is 16.7 Å². The fraction of sp³-hybridized carbons (Fsp3) is 0.200. The van der Waals surface area contributed by atoms with Gasteiger partial charge < -0.3 is 5.32 Å². The molecule has 0 amide bonds. The molecule has 2 rings (SSSR count). The van der Waals surface area contributed by atoms with Crippen LogP contribution in [-0.4, -0.2) is 19.7 Å². The zero-order valence-electron chi connectivity index (χ0n) is 9.50. The van der Waals surface area contributed by atoms with E-state index in [2.05, 4.69) is 15.4 Å². The van der Waals surface area contributed by atoms with Gasteiger partial charge >= 0.3 is 0 Å². The van der Waals surface area contributed by atoms with Crippen molar-refractivity contribution in [2.24, 2.45) is 7.05 Å². The van der Waals surface area contributed by atoms with Crippen LogP contribution < -0.4 is 5.32 Å². The van der Waals surface area contributed by atoms with Crippen molar-refractivity contribution in [3.8, 4) is 0 Å². The summed E-state index contributed by atoms with van der Waals surface area (Å²) in [5, 5.41) is 18.0. The first kappa shape index (κ1) is 12.7. The lowest BCUT2D eigenvalue weighted by molar-refractivity contribution is -0.384. The van der Waals surface area contributed by atoms with Crippen molar-refractivity contribution >= 4 is 34.0 Å². The van der Waals surface area contributed by atoms with E-state index < -0.39 is 4.92 Å². The maximum Gasteiger partial charge on any atom is 0.293 e. The highest BCUT2D eigenvalue weighted by atomic mass is 127. The molecule has 18 heavy (non-hydrogen) atoms. The number of nitrogens with zero attached hydrogens (tertiary/aromatic N) is 4. The molecule has 0 radical (unpaired) electrons. The highest BCUT2D eigenvalue weighted by Crippen LogP contribution is 2.26. The topological polar surface area (TPSA) is 85.9 Å². The molecule has 0 aliphatic carbocycles. The second kappa shape index (κ2) is 5.29. The average Bonchev–Trinajstić information content (AvgIpc) is 2.73. The molecule has 0 aliphatic rings. The van der Waals surface area contributed by atoms with Gasteiger partial charge in [0.2, 0.25) is 0 Å². The molecule has 1 heterocycles. The largest absolute Gasteiger partial charge is 0.372 e. The number of anilines is 1. The van der Waals surface area contributed by atoms with Crippen molar-refractivity contribution in [1.82, 2.24) is 14.8 Å². The minimum absolute atomic E-state index is 0.0535. The number of benzene rings is 1. The van der Waals surface area contributed by atoms with Crippen LogP contribution in [-0.2, 0) is 13.6 Å². The Morgan fingerprint density at radius 3 is 2.94 bits per heavy atom. The van der Waals surface area contributed by atoms with E-state index >= 15 is 0 Å². The molecule has 0 fully saturated rings. The first-order valence-electron chi connectivity index (χ1n) is 5.08. The van der Waals surface area contributed by atoms with Crippen molar-refractivity contribution in [3.63, 3.8) is 0 Å². The Morgan fingerprint density at radius 1 is 1.56 bits per heavy atom. The molecule has 0 unspecified atom stereocenters. The van der Waals surface area contributed by atoms with E-state index in [0.29, 0.717) is 18.1 Å². The minimum Gasteiger partial charge on any atom is -0.372 e. The van der Waals surface area contributed by atoms with E-state index in [9.17, 15) is 10.1 Å². The van der Waals surface area contributed by atoms with Crippen LogP contribution in [0.5, 0.6) is 0 Å². The molecule has 2 aromatic rings. The number of nitro groups is 1. The zero-order chi connectivity index (χ0) is 13.1. The summed E-state index contributed by atoms with van der Waals surface area (Å²) in [6.07, 6.45) is 1.58. The normalized spacial score (nSPS) is 10.3. The summed E-state index contributed by atoms with van der Waals surface area (Å²) < 4.78 is 2.40. The molecule has 0 saturated carbocycles. The fourth-order valence-corrected chi connectivity index (χ4v) is 1.92. The van der Waals surface area contributed by atoms with Crippen LogP contribution in [0.15, 0.2) is 24.5 Å². The Morgan fingerprint density at radius 2 is 2.33 bits per heavy atom. The second-order valence-corrected chi connectivity index (χ2v) is 4.85. The van der Waals surface area contributed by atoms with E-state index in [1.165, 1.54) is 6.07 Å². The highest BCUT2D eigenvalue weighted by molar-refractivity contribution is 14.1. The Balaban J connectivity index is 2.16. The molecule has 94 valence electrons. The minimum atomic E-state index is -0.406. The predicted octanol–water partition coefficient (Wildman–Crippen LogP) is 1.94.